The highest BCUT2D eigenvalue weighted by atomic mass is 32.1. The molecule has 9 heteroatoms. The van der Waals surface area contributed by atoms with E-state index in [-0.39, 0.29) is 10.1 Å². The molecule has 0 fully saturated rings. The summed E-state index contributed by atoms with van der Waals surface area (Å²) in [5.74, 6) is 0.673. The standard InChI is InChI=1S/C11H10N4O4S/c1-19-8-4-2-7(3-5-8)13-10(16)14-11-12-6-9(20-11)15(17)18/h2-6H,1H3,(H2,12,13,14,16). The number of carbonyl (C=O) groups is 1. The molecule has 0 spiro atoms. The van der Waals surface area contributed by atoms with E-state index < -0.39 is 11.0 Å². The van der Waals surface area contributed by atoms with E-state index in [9.17, 15) is 14.9 Å². The van der Waals surface area contributed by atoms with E-state index in [4.69, 9.17) is 4.74 Å². The Morgan fingerprint density at radius 2 is 2.05 bits per heavy atom. The van der Waals surface area contributed by atoms with E-state index in [1.54, 1.807) is 31.4 Å². The van der Waals surface area contributed by atoms with E-state index in [1.165, 1.54) is 0 Å². The van der Waals surface area contributed by atoms with Gasteiger partial charge in [-0.25, -0.2) is 9.78 Å². The average Bonchev–Trinajstić information content (AvgIpc) is 2.88. The second-order valence-electron chi connectivity index (χ2n) is 3.57. The molecule has 0 saturated heterocycles. The summed E-state index contributed by atoms with van der Waals surface area (Å²) in [7, 11) is 1.55. The molecular weight excluding hydrogens is 284 g/mol. The number of hydrogen-bond donors (Lipinski definition) is 2. The van der Waals surface area contributed by atoms with Crippen molar-refractivity contribution in [1.29, 1.82) is 0 Å². The Labute approximate surface area is 117 Å². The third-order valence-corrected chi connectivity index (χ3v) is 3.11. The van der Waals surface area contributed by atoms with Crippen molar-refractivity contribution in [3.05, 3.63) is 40.6 Å². The Morgan fingerprint density at radius 1 is 1.35 bits per heavy atom. The first-order valence-electron chi connectivity index (χ1n) is 5.41. The molecule has 1 aromatic carbocycles. The largest absolute Gasteiger partial charge is 0.497 e. The lowest BCUT2D eigenvalue weighted by Crippen LogP contribution is -2.19. The summed E-state index contributed by atoms with van der Waals surface area (Å²) in [6.07, 6.45) is 1.09. The van der Waals surface area contributed by atoms with Crippen LogP contribution < -0.4 is 15.4 Å². The van der Waals surface area contributed by atoms with Crippen molar-refractivity contribution in [3.63, 3.8) is 0 Å². The summed E-state index contributed by atoms with van der Waals surface area (Å²) in [5, 5.41) is 15.5. The third-order valence-electron chi connectivity index (χ3n) is 2.24. The maximum absolute atomic E-state index is 11.7. The minimum absolute atomic E-state index is 0.134. The number of nitro groups is 1. The number of nitrogens with one attached hydrogen (secondary N) is 2. The molecule has 2 aromatic rings. The lowest BCUT2D eigenvalue weighted by molar-refractivity contribution is -0.380. The van der Waals surface area contributed by atoms with Gasteiger partial charge in [0.2, 0.25) is 0 Å². The highest BCUT2D eigenvalue weighted by Gasteiger charge is 2.13. The molecule has 0 unspecified atom stereocenters. The molecule has 1 aromatic heterocycles. The topological polar surface area (TPSA) is 106 Å². The lowest BCUT2D eigenvalue weighted by atomic mass is 10.3. The Morgan fingerprint density at radius 3 is 2.60 bits per heavy atom. The van der Waals surface area contributed by atoms with Crippen LogP contribution in [0.1, 0.15) is 0 Å². The molecule has 0 aliphatic carbocycles. The van der Waals surface area contributed by atoms with E-state index in [0.29, 0.717) is 11.4 Å². The number of hydrogen-bond acceptors (Lipinski definition) is 6. The molecule has 2 amide bonds. The van der Waals surface area contributed by atoms with Crippen LogP contribution in [0, 0.1) is 10.1 Å². The third kappa shape index (κ3) is 3.42. The number of urea groups is 1. The maximum Gasteiger partial charge on any atom is 0.345 e. The van der Waals surface area contributed by atoms with E-state index in [1.807, 2.05) is 0 Å². The van der Waals surface area contributed by atoms with Crippen LogP contribution in [0.5, 0.6) is 5.75 Å². The fourth-order valence-electron chi connectivity index (χ4n) is 1.34. The molecule has 2 rings (SSSR count). The molecule has 1 heterocycles. The van der Waals surface area contributed by atoms with Gasteiger partial charge < -0.3 is 10.1 Å². The maximum atomic E-state index is 11.7. The quantitative estimate of drug-likeness (QED) is 0.666. The molecular formula is C11H10N4O4S. The van der Waals surface area contributed by atoms with Gasteiger partial charge in [0.25, 0.3) is 0 Å². The first-order valence-corrected chi connectivity index (χ1v) is 6.22. The molecule has 8 nitrogen and oxygen atoms in total. The Kier molecular flexibility index (Phi) is 4.11. The van der Waals surface area contributed by atoms with Crippen LogP contribution >= 0.6 is 11.3 Å². The van der Waals surface area contributed by atoms with Gasteiger partial charge in [0.05, 0.1) is 12.0 Å². The predicted molar refractivity (Wildman–Crippen MR) is 74.4 cm³/mol. The van der Waals surface area contributed by atoms with Crippen molar-refractivity contribution < 1.29 is 14.5 Å². The van der Waals surface area contributed by atoms with Crippen molar-refractivity contribution in [1.82, 2.24) is 4.98 Å². The van der Waals surface area contributed by atoms with E-state index in [0.717, 1.165) is 17.5 Å². The number of carbonyl (C=O) groups excluding carboxylic acids is 1. The van der Waals surface area contributed by atoms with Crippen LogP contribution in [0.15, 0.2) is 30.5 Å². The summed E-state index contributed by atoms with van der Waals surface area (Å²) in [5.41, 5.74) is 0.564. The van der Waals surface area contributed by atoms with Gasteiger partial charge >= 0.3 is 11.0 Å². The molecule has 20 heavy (non-hydrogen) atoms. The highest BCUT2D eigenvalue weighted by Crippen LogP contribution is 2.25. The number of amides is 2. The van der Waals surface area contributed by atoms with Crippen LogP contribution in [-0.4, -0.2) is 23.0 Å². The van der Waals surface area contributed by atoms with Crippen molar-refractivity contribution in [2.75, 3.05) is 17.7 Å². The first kappa shape index (κ1) is 13.7. The van der Waals surface area contributed by atoms with Crippen molar-refractivity contribution in [2.45, 2.75) is 0 Å². The van der Waals surface area contributed by atoms with Crippen LogP contribution in [0.25, 0.3) is 0 Å². The molecule has 0 radical (unpaired) electrons. The number of anilines is 2. The summed E-state index contributed by atoms with van der Waals surface area (Å²) in [6.45, 7) is 0. The van der Waals surface area contributed by atoms with Crippen molar-refractivity contribution in [3.8, 4) is 5.75 Å². The predicted octanol–water partition coefficient (Wildman–Crippen LogP) is 2.70. The van der Waals surface area contributed by atoms with Gasteiger partial charge in [-0.15, -0.1) is 0 Å². The minimum Gasteiger partial charge on any atom is -0.497 e. The summed E-state index contributed by atoms with van der Waals surface area (Å²) in [6, 6.07) is 6.21. The molecule has 0 atom stereocenters. The molecule has 0 saturated carbocycles. The number of nitrogens with zero attached hydrogens (tertiary/aromatic N) is 2. The average molecular weight is 294 g/mol. The summed E-state index contributed by atoms with van der Waals surface area (Å²) < 4.78 is 4.99. The van der Waals surface area contributed by atoms with Crippen LogP contribution in [0.3, 0.4) is 0 Å². The second-order valence-corrected chi connectivity index (χ2v) is 4.58. The normalized spacial score (nSPS) is 9.85. The summed E-state index contributed by atoms with van der Waals surface area (Å²) >= 11 is 0.784. The van der Waals surface area contributed by atoms with Gasteiger partial charge in [-0.1, -0.05) is 0 Å². The summed E-state index contributed by atoms with van der Waals surface area (Å²) in [4.78, 5) is 25.3. The molecule has 2 N–H and O–H groups in total. The number of thiazole rings is 1. The van der Waals surface area contributed by atoms with Crippen molar-refractivity contribution in [2.24, 2.45) is 0 Å². The lowest BCUT2D eigenvalue weighted by Gasteiger charge is -2.06. The van der Waals surface area contributed by atoms with Crippen LogP contribution in [0.4, 0.5) is 20.6 Å². The highest BCUT2D eigenvalue weighted by molar-refractivity contribution is 7.18. The number of methoxy groups -OCH3 is 1. The fraction of sp³-hybridized carbons (Fsp3) is 0.0909. The fourth-order valence-corrected chi connectivity index (χ4v) is 1.97. The number of aromatic nitrogens is 1. The van der Waals surface area contributed by atoms with E-state index in [2.05, 4.69) is 15.6 Å². The second kappa shape index (κ2) is 5.97. The Bertz CT molecular complexity index is 626. The smallest absolute Gasteiger partial charge is 0.345 e. The molecule has 104 valence electrons. The van der Waals surface area contributed by atoms with Gasteiger partial charge in [0.15, 0.2) is 5.13 Å². The Balaban J connectivity index is 1.95. The van der Waals surface area contributed by atoms with Gasteiger partial charge in [-0.3, -0.25) is 15.4 Å². The SMILES string of the molecule is COc1ccc(NC(=O)Nc2ncc([N+](=O)[O-])s2)cc1. The van der Waals surface area contributed by atoms with Gasteiger partial charge in [0, 0.05) is 5.69 Å². The zero-order valence-electron chi connectivity index (χ0n) is 10.3. The molecule has 0 aliphatic rings. The van der Waals surface area contributed by atoms with Crippen molar-refractivity contribution >= 4 is 33.2 Å². The zero-order valence-corrected chi connectivity index (χ0v) is 11.1. The molecule has 0 aliphatic heterocycles. The number of benzene rings is 1. The number of rotatable bonds is 4. The zero-order chi connectivity index (χ0) is 14.5. The minimum atomic E-state index is -0.565. The van der Waals surface area contributed by atoms with Crippen LogP contribution in [0.2, 0.25) is 0 Å². The Hall–Kier alpha value is -2.68. The molecule has 0 bridgehead atoms. The number of ether oxygens (including phenoxy) is 1. The van der Waals surface area contributed by atoms with Crippen LogP contribution in [-0.2, 0) is 0 Å². The van der Waals surface area contributed by atoms with E-state index >= 15 is 0 Å². The van der Waals surface area contributed by atoms with Gasteiger partial charge in [0.1, 0.15) is 11.9 Å². The van der Waals surface area contributed by atoms with Gasteiger partial charge in [-0.05, 0) is 35.6 Å². The monoisotopic (exact) mass is 294 g/mol. The van der Waals surface area contributed by atoms with Gasteiger partial charge in [-0.2, -0.15) is 0 Å². The first-order chi connectivity index (χ1) is 9.58.